The van der Waals surface area contributed by atoms with Crippen LogP contribution in [0.2, 0.25) is 0 Å². The number of nitrogens with one attached hydrogen (secondary N) is 2. The van der Waals surface area contributed by atoms with Gasteiger partial charge in [-0.05, 0) is 36.8 Å². The minimum absolute atomic E-state index is 0.274. The molecule has 1 saturated heterocycles. The standard InChI is InChI=1S/C18H16BrN3O3/c19-13-7-4-8-14(11-13)22-10-9-15(18(22)25)17(24)21-20-16(23)12-5-2-1-3-6-12/h1-8,11,15H,9-10H2,(H,20,23)(H,21,24). The van der Waals surface area contributed by atoms with Gasteiger partial charge in [0, 0.05) is 22.3 Å². The van der Waals surface area contributed by atoms with Gasteiger partial charge in [0.1, 0.15) is 5.92 Å². The molecule has 0 spiro atoms. The molecule has 2 N–H and O–H groups in total. The van der Waals surface area contributed by atoms with Crippen molar-refractivity contribution in [1.29, 1.82) is 0 Å². The van der Waals surface area contributed by atoms with E-state index in [0.717, 1.165) is 10.2 Å². The molecule has 128 valence electrons. The van der Waals surface area contributed by atoms with Gasteiger partial charge in [-0.25, -0.2) is 0 Å². The fourth-order valence-electron chi connectivity index (χ4n) is 2.69. The first-order valence-electron chi connectivity index (χ1n) is 7.78. The average molecular weight is 402 g/mol. The topological polar surface area (TPSA) is 78.5 Å². The van der Waals surface area contributed by atoms with Crippen molar-refractivity contribution in [3.05, 3.63) is 64.6 Å². The maximum atomic E-state index is 12.5. The first kappa shape index (κ1) is 17.2. The number of rotatable bonds is 3. The van der Waals surface area contributed by atoms with Crippen molar-refractivity contribution in [1.82, 2.24) is 10.9 Å². The molecule has 0 radical (unpaired) electrons. The SMILES string of the molecule is O=C(NNC(=O)C1CCN(c2cccc(Br)c2)C1=O)c1ccccc1. The normalized spacial score (nSPS) is 16.6. The molecule has 7 heteroatoms. The van der Waals surface area contributed by atoms with Gasteiger partial charge in [0.05, 0.1) is 0 Å². The summed E-state index contributed by atoms with van der Waals surface area (Å²) < 4.78 is 0.862. The number of hydrogen-bond donors (Lipinski definition) is 2. The number of nitrogens with zero attached hydrogens (tertiary/aromatic N) is 1. The van der Waals surface area contributed by atoms with E-state index in [2.05, 4.69) is 26.8 Å². The molecule has 1 fully saturated rings. The maximum absolute atomic E-state index is 12.5. The Morgan fingerprint density at radius 2 is 1.80 bits per heavy atom. The lowest BCUT2D eigenvalue weighted by Crippen LogP contribution is -2.46. The van der Waals surface area contributed by atoms with Crippen LogP contribution in [0.5, 0.6) is 0 Å². The van der Waals surface area contributed by atoms with Crippen LogP contribution in [0.25, 0.3) is 0 Å². The van der Waals surface area contributed by atoms with E-state index < -0.39 is 17.7 Å². The van der Waals surface area contributed by atoms with Gasteiger partial charge in [0.15, 0.2) is 0 Å². The zero-order valence-corrected chi connectivity index (χ0v) is 14.8. The largest absolute Gasteiger partial charge is 0.312 e. The predicted molar refractivity (Wildman–Crippen MR) is 96.7 cm³/mol. The molecule has 6 nitrogen and oxygen atoms in total. The van der Waals surface area contributed by atoms with Gasteiger partial charge >= 0.3 is 0 Å². The molecule has 1 atom stereocenters. The number of anilines is 1. The van der Waals surface area contributed by atoms with E-state index >= 15 is 0 Å². The van der Waals surface area contributed by atoms with Crippen LogP contribution in [-0.2, 0) is 9.59 Å². The average Bonchev–Trinajstić information content (AvgIpc) is 3.01. The van der Waals surface area contributed by atoms with Crippen LogP contribution in [0, 0.1) is 5.92 Å². The summed E-state index contributed by atoms with van der Waals surface area (Å²) in [4.78, 5) is 38.3. The van der Waals surface area contributed by atoms with E-state index in [1.54, 1.807) is 35.2 Å². The summed E-state index contributed by atoms with van der Waals surface area (Å²) in [6.45, 7) is 0.458. The van der Waals surface area contributed by atoms with Gasteiger partial charge < -0.3 is 4.90 Å². The maximum Gasteiger partial charge on any atom is 0.269 e. The summed E-state index contributed by atoms with van der Waals surface area (Å²) >= 11 is 3.37. The predicted octanol–water partition coefficient (Wildman–Crippen LogP) is 2.26. The van der Waals surface area contributed by atoms with Crippen LogP contribution in [0.4, 0.5) is 5.69 Å². The lowest BCUT2D eigenvalue weighted by atomic mass is 10.1. The van der Waals surface area contributed by atoms with E-state index in [1.807, 2.05) is 24.3 Å². The molecule has 2 aromatic rings. The summed E-state index contributed by atoms with van der Waals surface area (Å²) in [6.07, 6.45) is 0.401. The fraction of sp³-hybridized carbons (Fsp3) is 0.167. The second-order valence-corrected chi connectivity index (χ2v) is 6.54. The molecular formula is C18H16BrN3O3. The van der Waals surface area contributed by atoms with Crippen molar-refractivity contribution >= 4 is 39.3 Å². The third-order valence-corrected chi connectivity index (χ3v) is 4.47. The van der Waals surface area contributed by atoms with Gasteiger partial charge in [-0.15, -0.1) is 0 Å². The molecule has 1 aliphatic heterocycles. The summed E-state index contributed by atoms with van der Waals surface area (Å²) in [5.74, 6) is -2.02. The van der Waals surface area contributed by atoms with E-state index in [0.29, 0.717) is 18.5 Å². The summed E-state index contributed by atoms with van der Waals surface area (Å²) in [7, 11) is 0. The number of amides is 3. The minimum Gasteiger partial charge on any atom is -0.312 e. The Bertz CT molecular complexity index is 810. The molecule has 0 bridgehead atoms. The van der Waals surface area contributed by atoms with Crippen molar-refractivity contribution in [2.75, 3.05) is 11.4 Å². The summed E-state index contributed by atoms with van der Waals surface area (Å²) in [6, 6.07) is 15.9. The monoisotopic (exact) mass is 401 g/mol. The van der Waals surface area contributed by atoms with Crippen LogP contribution in [-0.4, -0.2) is 24.3 Å². The highest BCUT2D eigenvalue weighted by atomic mass is 79.9. The van der Waals surface area contributed by atoms with Crippen LogP contribution in [0.1, 0.15) is 16.8 Å². The number of hydrazine groups is 1. The summed E-state index contributed by atoms with van der Waals surface area (Å²) in [5.41, 5.74) is 5.85. The molecule has 25 heavy (non-hydrogen) atoms. The van der Waals surface area contributed by atoms with Crippen LogP contribution >= 0.6 is 15.9 Å². The molecule has 3 amide bonds. The Kier molecular flexibility index (Phi) is 5.14. The molecule has 1 unspecified atom stereocenters. The molecule has 3 rings (SSSR count). The van der Waals surface area contributed by atoms with Crippen molar-refractivity contribution in [2.24, 2.45) is 5.92 Å². The van der Waals surface area contributed by atoms with Crippen molar-refractivity contribution in [2.45, 2.75) is 6.42 Å². The third-order valence-electron chi connectivity index (χ3n) is 3.98. The number of halogens is 1. The molecule has 2 aromatic carbocycles. The quantitative estimate of drug-likeness (QED) is 0.611. The Balaban J connectivity index is 1.60. The third kappa shape index (κ3) is 3.88. The van der Waals surface area contributed by atoms with E-state index in [9.17, 15) is 14.4 Å². The highest BCUT2D eigenvalue weighted by Crippen LogP contribution is 2.27. The van der Waals surface area contributed by atoms with E-state index in [-0.39, 0.29) is 5.91 Å². The van der Waals surface area contributed by atoms with Gasteiger partial charge in [0.2, 0.25) is 5.91 Å². The Hall–Kier alpha value is -2.67. The van der Waals surface area contributed by atoms with Crippen molar-refractivity contribution in [3.63, 3.8) is 0 Å². The molecule has 1 heterocycles. The molecule has 0 saturated carbocycles. The smallest absolute Gasteiger partial charge is 0.269 e. The number of carbonyl (C=O) groups excluding carboxylic acids is 3. The Morgan fingerprint density at radius 1 is 1.04 bits per heavy atom. The number of hydrogen-bond acceptors (Lipinski definition) is 3. The van der Waals surface area contributed by atoms with Crippen molar-refractivity contribution < 1.29 is 14.4 Å². The van der Waals surface area contributed by atoms with Gasteiger partial charge in [0.25, 0.3) is 11.8 Å². The summed E-state index contributed by atoms with van der Waals surface area (Å²) in [5, 5.41) is 0. The van der Waals surface area contributed by atoms with Gasteiger partial charge in [-0.1, -0.05) is 40.2 Å². The van der Waals surface area contributed by atoms with E-state index in [1.165, 1.54) is 0 Å². The van der Waals surface area contributed by atoms with Crippen LogP contribution in [0.15, 0.2) is 59.1 Å². The zero-order chi connectivity index (χ0) is 17.8. The molecule has 0 aliphatic carbocycles. The second kappa shape index (κ2) is 7.48. The first-order chi connectivity index (χ1) is 12.1. The lowest BCUT2D eigenvalue weighted by molar-refractivity contribution is -0.132. The van der Waals surface area contributed by atoms with Gasteiger partial charge in [-0.2, -0.15) is 0 Å². The highest BCUT2D eigenvalue weighted by molar-refractivity contribution is 9.10. The Morgan fingerprint density at radius 3 is 2.52 bits per heavy atom. The molecular weight excluding hydrogens is 386 g/mol. The first-order valence-corrected chi connectivity index (χ1v) is 8.58. The van der Waals surface area contributed by atoms with Crippen LogP contribution in [0.3, 0.4) is 0 Å². The number of benzene rings is 2. The Labute approximate surface area is 153 Å². The fourth-order valence-corrected chi connectivity index (χ4v) is 3.08. The zero-order valence-electron chi connectivity index (χ0n) is 13.2. The van der Waals surface area contributed by atoms with E-state index in [4.69, 9.17) is 0 Å². The van der Waals surface area contributed by atoms with Crippen molar-refractivity contribution in [3.8, 4) is 0 Å². The van der Waals surface area contributed by atoms with Gasteiger partial charge in [-0.3, -0.25) is 25.2 Å². The lowest BCUT2D eigenvalue weighted by Gasteiger charge is -2.17. The second-order valence-electron chi connectivity index (χ2n) is 5.62. The van der Waals surface area contributed by atoms with Crippen LogP contribution < -0.4 is 15.8 Å². The highest BCUT2D eigenvalue weighted by Gasteiger charge is 2.37. The molecule has 1 aliphatic rings. The molecule has 0 aromatic heterocycles. The number of carbonyl (C=O) groups is 3. The minimum atomic E-state index is -0.810.